The maximum absolute atomic E-state index is 12.4. The number of piperidine rings is 1. The number of carbonyl (C=O) groups is 2. The van der Waals surface area contributed by atoms with Crippen LogP contribution in [-0.4, -0.2) is 42.1 Å². The van der Waals surface area contributed by atoms with Crippen molar-refractivity contribution in [2.75, 3.05) is 19.6 Å². The van der Waals surface area contributed by atoms with Gasteiger partial charge in [-0.1, -0.05) is 12.8 Å². The van der Waals surface area contributed by atoms with E-state index < -0.39 is 11.0 Å². The fourth-order valence-electron chi connectivity index (χ4n) is 3.72. The molecule has 2 aliphatic rings. The third kappa shape index (κ3) is 5.35. The Labute approximate surface area is 150 Å². The maximum atomic E-state index is 12.4. The third-order valence-electron chi connectivity index (χ3n) is 5.11. The molecule has 1 N–H and O–H groups in total. The highest BCUT2D eigenvalue weighted by molar-refractivity contribution is 5.85. The van der Waals surface area contributed by atoms with Gasteiger partial charge < -0.3 is 15.0 Å². The summed E-state index contributed by atoms with van der Waals surface area (Å²) in [6.45, 7) is 7.58. The number of nitrogens with zero attached hydrogens (tertiary/aromatic N) is 2. The lowest BCUT2D eigenvalue weighted by atomic mass is 9.87. The first-order valence-corrected chi connectivity index (χ1v) is 9.43. The van der Waals surface area contributed by atoms with Crippen LogP contribution >= 0.6 is 0 Å². The molecule has 2 rings (SSSR count). The van der Waals surface area contributed by atoms with Crippen LogP contribution in [-0.2, 0) is 9.53 Å². The highest BCUT2D eigenvalue weighted by Gasteiger charge is 2.41. The summed E-state index contributed by atoms with van der Waals surface area (Å²) in [7, 11) is 0. The smallest absolute Gasteiger partial charge is 0.410 e. The first-order valence-electron chi connectivity index (χ1n) is 9.43. The number of likely N-dealkylation sites (tertiary alicyclic amines) is 1. The van der Waals surface area contributed by atoms with Crippen molar-refractivity contribution in [2.24, 2.45) is 11.3 Å². The predicted octanol–water partition coefficient (Wildman–Crippen LogP) is 3.22. The van der Waals surface area contributed by atoms with Crippen molar-refractivity contribution in [1.29, 1.82) is 5.26 Å². The van der Waals surface area contributed by atoms with Crippen molar-refractivity contribution >= 4 is 12.0 Å². The molecule has 2 fully saturated rings. The SMILES string of the molecule is CC(C)(C)OC(=O)N1CCC[C@@H](CCNC(=O)C2(C#N)CCCC2)C1. The van der Waals surface area contributed by atoms with Crippen molar-refractivity contribution in [2.45, 2.75) is 71.3 Å². The lowest BCUT2D eigenvalue weighted by Gasteiger charge is -2.34. The summed E-state index contributed by atoms with van der Waals surface area (Å²) < 4.78 is 5.44. The molecule has 0 unspecified atom stereocenters. The molecule has 0 bridgehead atoms. The number of hydrogen-bond acceptors (Lipinski definition) is 4. The zero-order chi connectivity index (χ0) is 18.5. The Bertz CT molecular complexity index is 527. The molecule has 1 atom stereocenters. The maximum Gasteiger partial charge on any atom is 0.410 e. The van der Waals surface area contributed by atoms with Gasteiger partial charge in [-0.05, 0) is 58.8 Å². The fourth-order valence-corrected chi connectivity index (χ4v) is 3.72. The number of ether oxygens (including phenoxy) is 1. The molecular formula is C19H31N3O3. The molecule has 0 aromatic rings. The Morgan fingerprint density at radius 3 is 2.56 bits per heavy atom. The molecule has 0 spiro atoms. The summed E-state index contributed by atoms with van der Waals surface area (Å²) >= 11 is 0. The van der Waals surface area contributed by atoms with E-state index in [1.54, 1.807) is 4.90 Å². The van der Waals surface area contributed by atoms with Gasteiger partial charge in [-0.3, -0.25) is 4.79 Å². The molecule has 140 valence electrons. The van der Waals surface area contributed by atoms with E-state index in [2.05, 4.69) is 11.4 Å². The second-order valence-electron chi connectivity index (χ2n) is 8.38. The van der Waals surface area contributed by atoms with E-state index in [0.29, 0.717) is 31.8 Å². The third-order valence-corrected chi connectivity index (χ3v) is 5.11. The predicted molar refractivity (Wildman–Crippen MR) is 94.7 cm³/mol. The molecule has 25 heavy (non-hydrogen) atoms. The van der Waals surface area contributed by atoms with Crippen LogP contribution in [0.25, 0.3) is 0 Å². The zero-order valence-electron chi connectivity index (χ0n) is 15.8. The van der Waals surface area contributed by atoms with Crippen molar-refractivity contribution in [1.82, 2.24) is 10.2 Å². The lowest BCUT2D eigenvalue weighted by molar-refractivity contribution is -0.128. The Hall–Kier alpha value is -1.77. The lowest BCUT2D eigenvalue weighted by Crippen LogP contribution is -2.44. The minimum absolute atomic E-state index is 0.118. The average Bonchev–Trinajstić information content (AvgIpc) is 3.04. The number of hydrogen-bond donors (Lipinski definition) is 1. The number of carbonyl (C=O) groups excluding carboxylic acids is 2. The first kappa shape index (κ1) is 19.6. The topological polar surface area (TPSA) is 82.4 Å². The van der Waals surface area contributed by atoms with Gasteiger partial charge in [0.15, 0.2) is 0 Å². The number of rotatable bonds is 4. The summed E-state index contributed by atoms with van der Waals surface area (Å²) in [5.41, 5.74) is -1.29. The molecular weight excluding hydrogens is 318 g/mol. The molecule has 6 heteroatoms. The normalized spacial score (nSPS) is 23.0. The monoisotopic (exact) mass is 349 g/mol. The summed E-state index contributed by atoms with van der Waals surface area (Å²) in [4.78, 5) is 26.3. The largest absolute Gasteiger partial charge is 0.444 e. The minimum atomic E-state index is -0.810. The van der Waals surface area contributed by atoms with Crippen molar-refractivity contribution in [3.05, 3.63) is 0 Å². The number of nitriles is 1. The standard InChI is InChI=1S/C19H31N3O3/c1-18(2,3)25-17(24)22-12-6-7-15(13-22)8-11-21-16(23)19(14-20)9-4-5-10-19/h15H,4-13H2,1-3H3,(H,21,23)/t15-/m0/s1. The van der Waals surface area contributed by atoms with Crippen molar-refractivity contribution in [3.63, 3.8) is 0 Å². The molecule has 1 saturated carbocycles. The van der Waals surface area contributed by atoms with E-state index >= 15 is 0 Å². The van der Waals surface area contributed by atoms with E-state index in [9.17, 15) is 14.9 Å². The molecule has 1 saturated heterocycles. The second-order valence-corrected chi connectivity index (χ2v) is 8.38. The van der Waals surface area contributed by atoms with Gasteiger partial charge in [0.25, 0.3) is 0 Å². The molecule has 6 nitrogen and oxygen atoms in total. The summed E-state index contributed by atoms with van der Waals surface area (Å²) in [5, 5.41) is 12.3. The van der Waals surface area contributed by atoms with Crippen molar-refractivity contribution in [3.8, 4) is 6.07 Å². The fraction of sp³-hybridized carbons (Fsp3) is 0.842. The van der Waals surface area contributed by atoms with Crippen LogP contribution in [0.4, 0.5) is 4.79 Å². The molecule has 1 aliphatic heterocycles. The Balaban J connectivity index is 1.76. The van der Waals surface area contributed by atoms with Gasteiger partial charge >= 0.3 is 6.09 Å². The van der Waals surface area contributed by atoms with E-state index in [0.717, 1.165) is 38.6 Å². The van der Waals surface area contributed by atoms with Crippen molar-refractivity contribution < 1.29 is 14.3 Å². The zero-order valence-corrected chi connectivity index (χ0v) is 15.8. The molecule has 1 aliphatic carbocycles. The molecule has 0 aromatic heterocycles. The van der Waals surface area contributed by atoms with Crippen LogP contribution < -0.4 is 5.32 Å². The summed E-state index contributed by atoms with van der Waals surface area (Å²) in [5.74, 6) is 0.246. The number of amides is 2. The van der Waals surface area contributed by atoms with E-state index in [4.69, 9.17) is 4.74 Å². The molecule has 0 aromatic carbocycles. The Morgan fingerprint density at radius 1 is 1.28 bits per heavy atom. The van der Waals surface area contributed by atoms with Gasteiger partial charge in [0.1, 0.15) is 11.0 Å². The van der Waals surface area contributed by atoms with E-state index in [-0.39, 0.29) is 12.0 Å². The molecule has 0 radical (unpaired) electrons. The van der Waals surface area contributed by atoms with Gasteiger partial charge in [0.2, 0.25) is 5.91 Å². The van der Waals surface area contributed by atoms with Crippen LogP contribution in [0.1, 0.15) is 65.7 Å². The van der Waals surface area contributed by atoms with Gasteiger partial charge in [0.05, 0.1) is 6.07 Å². The van der Waals surface area contributed by atoms with Gasteiger partial charge in [-0.25, -0.2) is 4.79 Å². The van der Waals surface area contributed by atoms with Crippen LogP contribution in [0.3, 0.4) is 0 Å². The van der Waals surface area contributed by atoms with Gasteiger partial charge in [0, 0.05) is 19.6 Å². The second kappa shape index (κ2) is 8.07. The van der Waals surface area contributed by atoms with Gasteiger partial charge in [-0.2, -0.15) is 5.26 Å². The summed E-state index contributed by atoms with van der Waals surface area (Å²) in [6.07, 6.45) is 5.83. The Morgan fingerprint density at radius 2 is 1.96 bits per heavy atom. The first-order chi connectivity index (χ1) is 11.8. The van der Waals surface area contributed by atoms with Gasteiger partial charge in [-0.15, -0.1) is 0 Å². The highest BCUT2D eigenvalue weighted by atomic mass is 16.6. The average molecular weight is 349 g/mol. The highest BCUT2D eigenvalue weighted by Crippen LogP contribution is 2.37. The minimum Gasteiger partial charge on any atom is -0.444 e. The van der Waals surface area contributed by atoms with Crippen LogP contribution in [0, 0.1) is 22.7 Å². The Kier molecular flexibility index (Phi) is 6.31. The van der Waals surface area contributed by atoms with Crippen LogP contribution in [0.2, 0.25) is 0 Å². The quantitative estimate of drug-likeness (QED) is 0.845. The number of nitrogens with one attached hydrogen (secondary N) is 1. The van der Waals surface area contributed by atoms with Crippen LogP contribution in [0.5, 0.6) is 0 Å². The molecule has 2 amide bonds. The van der Waals surface area contributed by atoms with E-state index in [1.165, 1.54) is 0 Å². The summed E-state index contributed by atoms with van der Waals surface area (Å²) in [6, 6.07) is 2.23. The van der Waals surface area contributed by atoms with E-state index in [1.807, 2.05) is 20.8 Å². The van der Waals surface area contributed by atoms with Crippen LogP contribution in [0.15, 0.2) is 0 Å². The molecule has 1 heterocycles.